The molecule has 2 heterocycles. The minimum Gasteiger partial charge on any atom is -0.481 e. The Morgan fingerprint density at radius 2 is 2.26 bits per heavy atom. The van der Waals surface area contributed by atoms with Gasteiger partial charge in [0.2, 0.25) is 0 Å². The Morgan fingerprint density at radius 1 is 1.53 bits per heavy atom. The molecule has 2 rings (SSSR count). The van der Waals surface area contributed by atoms with Crippen LogP contribution in [0.4, 0.5) is 0 Å². The van der Waals surface area contributed by atoms with E-state index in [1.807, 2.05) is 13.0 Å². The first kappa shape index (κ1) is 13.6. The number of ether oxygens (including phenoxy) is 1. The maximum Gasteiger partial charge on any atom is 0.305 e. The van der Waals surface area contributed by atoms with Gasteiger partial charge in [0.25, 0.3) is 5.91 Å². The average molecular weight is 266 g/mol. The van der Waals surface area contributed by atoms with E-state index in [-0.39, 0.29) is 18.9 Å². The van der Waals surface area contributed by atoms with E-state index in [9.17, 15) is 9.59 Å². The second-order valence-electron chi connectivity index (χ2n) is 5.03. The van der Waals surface area contributed by atoms with Crippen LogP contribution in [0.25, 0.3) is 0 Å². The number of nitrogens with one attached hydrogen (secondary N) is 1. The van der Waals surface area contributed by atoms with Gasteiger partial charge in [0.1, 0.15) is 5.69 Å². The normalized spacial score (nSPS) is 22.4. The highest BCUT2D eigenvalue weighted by atomic mass is 16.5. The summed E-state index contributed by atoms with van der Waals surface area (Å²) < 4.78 is 7.03. The van der Waals surface area contributed by atoms with E-state index in [0.29, 0.717) is 18.7 Å². The second kappa shape index (κ2) is 5.05. The number of aromatic nitrogens is 1. The van der Waals surface area contributed by atoms with Crippen LogP contribution in [-0.4, -0.2) is 40.3 Å². The van der Waals surface area contributed by atoms with Gasteiger partial charge in [-0.1, -0.05) is 0 Å². The van der Waals surface area contributed by atoms with Crippen molar-refractivity contribution in [1.29, 1.82) is 0 Å². The molecule has 1 aliphatic heterocycles. The Morgan fingerprint density at radius 3 is 2.74 bits per heavy atom. The SMILES string of the molecule is Cc1ccc(C(=O)NC2(CC(=O)O)CCOC2)n1C. The first-order valence-electron chi connectivity index (χ1n) is 6.18. The summed E-state index contributed by atoms with van der Waals surface area (Å²) in [6, 6.07) is 3.58. The van der Waals surface area contributed by atoms with E-state index in [1.54, 1.807) is 17.7 Å². The van der Waals surface area contributed by atoms with Crippen LogP contribution in [-0.2, 0) is 16.6 Å². The first-order valence-corrected chi connectivity index (χ1v) is 6.18. The summed E-state index contributed by atoms with van der Waals surface area (Å²) in [4.78, 5) is 23.2. The minimum absolute atomic E-state index is 0.123. The molecule has 2 N–H and O–H groups in total. The van der Waals surface area contributed by atoms with Crippen molar-refractivity contribution < 1.29 is 19.4 Å². The minimum atomic E-state index is -0.936. The van der Waals surface area contributed by atoms with Crippen molar-refractivity contribution in [3.8, 4) is 0 Å². The van der Waals surface area contributed by atoms with Crippen molar-refractivity contribution in [1.82, 2.24) is 9.88 Å². The number of carboxylic acids is 1. The molecule has 104 valence electrons. The number of aliphatic carboxylic acids is 1. The molecule has 6 nitrogen and oxygen atoms in total. The van der Waals surface area contributed by atoms with Crippen molar-refractivity contribution in [2.45, 2.75) is 25.3 Å². The van der Waals surface area contributed by atoms with Crippen LogP contribution in [0.15, 0.2) is 12.1 Å². The lowest BCUT2D eigenvalue weighted by Crippen LogP contribution is -2.50. The lowest BCUT2D eigenvalue weighted by Gasteiger charge is -2.27. The van der Waals surface area contributed by atoms with Crippen LogP contribution in [0.1, 0.15) is 29.0 Å². The number of hydrogen-bond acceptors (Lipinski definition) is 3. The van der Waals surface area contributed by atoms with Crippen molar-refractivity contribution >= 4 is 11.9 Å². The molecule has 0 aliphatic carbocycles. The molecule has 19 heavy (non-hydrogen) atoms. The molecule has 1 aromatic rings. The Kier molecular flexibility index (Phi) is 3.61. The van der Waals surface area contributed by atoms with Crippen LogP contribution < -0.4 is 5.32 Å². The van der Waals surface area contributed by atoms with Gasteiger partial charge in [0.15, 0.2) is 0 Å². The van der Waals surface area contributed by atoms with Gasteiger partial charge in [-0.05, 0) is 25.5 Å². The Labute approximate surface area is 111 Å². The fraction of sp³-hybridized carbons (Fsp3) is 0.538. The quantitative estimate of drug-likeness (QED) is 0.840. The van der Waals surface area contributed by atoms with Crippen LogP contribution in [0.2, 0.25) is 0 Å². The highest BCUT2D eigenvalue weighted by Gasteiger charge is 2.39. The molecule has 6 heteroatoms. The molecule has 0 aromatic carbocycles. The van der Waals surface area contributed by atoms with E-state index < -0.39 is 11.5 Å². The summed E-state index contributed by atoms with van der Waals surface area (Å²) in [6.07, 6.45) is 0.399. The fourth-order valence-corrected chi connectivity index (χ4v) is 2.32. The number of carbonyl (C=O) groups is 2. The molecule has 1 aromatic heterocycles. The predicted molar refractivity (Wildman–Crippen MR) is 68.0 cm³/mol. The average Bonchev–Trinajstić information content (AvgIpc) is 2.87. The maximum absolute atomic E-state index is 12.2. The van der Waals surface area contributed by atoms with E-state index in [1.165, 1.54) is 0 Å². The zero-order valence-electron chi connectivity index (χ0n) is 11.1. The predicted octanol–water partition coefficient (Wildman–Crippen LogP) is 0.697. The van der Waals surface area contributed by atoms with Gasteiger partial charge in [-0.2, -0.15) is 0 Å². The molecule has 1 atom stereocenters. The first-order chi connectivity index (χ1) is 8.93. The number of hydrogen-bond donors (Lipinski definition) is 2. The topological polar surface area (TPSA) is 80.6 Å². The van der Waals surface area contributed by atoms with Gasteiger partial charge in [0.05, 0.1) is 18.6 Å². The van der Waals surface area contributed by atoms with E-state index in [0.717, 1.165) is 5.69 Å². The summed E-state index contributed by atoms with van der Waals surface area (Å²) >= 11 is 0. The van der Waals surface area contributed by atoms with Crippen molar-refractivity contribution in [3.05, 3.63) is 23.5 Å². The van der Waals surface area contributed by atoms with Gasteiger partial charge in [-0.25, -0.2) is 0 Å². The molecular formula is C13H18N2O4. The van der Waals surface area contributed by atoms with Crippen LogP contribution in [0.5, 0.6) is 0 Å². The third-order valence-corrected chi connectivity index (χ3v) is 3.58. The second-order valence-corrected chi connectivity index (χ2v) is 5.03. The molecule has 0 bridgehead atoms. The monoisotopic (exact) mass is 266 g/mol. The van der Waals surface area contributed by atoms with Crippen molar-refractivity contribution in [2.75, 3.05) is 13.2 Å². The van der Waals surface area contributed by atoms with Crippen molar-refractivity contribution in [2.24, 2.45) is 7.05 Å². The molecule has 0 saturated carbocycles. The summed E-state index contributed by atoms with van der Waals surface area (Å²) in [7, 11) is 1.80. The summed E-state index contributed by atoms with van der Waals surface area (Å²) in [5.74, 6) is -1.20. The molecule has 0 radical (unpaired) electrons. The van der Waals surface area contributed by atoms with Gasteiger partial charge in [-0.15, -0.1) is 0 Å². The van der Waals surface area contributed by atoms with Crippen LogP contribution in [0, 0.1) is 6.92 Å². The lowest BCUT2D eigenvalue weighted by atomic mass is 9.94. The third kappa shape index (κ3) is 2.78. The van der Waals surface area contributed by atoms with E-state index in [2.05, 4.69) is 5.32 Å². The smallest absolute Gasteiger partial charge is 0.305 e. The van der Waals surface area contributed by atoms with Crippen LogP contribution in [0.3, 0.4) is 0 Å². The molecule has 1 fully saturated rings. The fourth-order valence-electron chi connectivity index (χ4n) is 2.32. The van der Waals surface area contributed by atoms with E-state index >= 15 is 0 Å². The lowest BCUT2D eigenvalue weighted by molar-refractivity contribution is -0.138. The van der Waals surface area contributed by atoms with E-state index in [4.69, 9.17) is 9.84 Å². The largest absolute Gasteiger partial charge is 0.481 e. The molecule has 1 aliphatic rings. The van der Waals surface area contributed by atoms with Gasteiger partial charge in [-0.3, -0.25) is 9.59 Å². The summed E-state index contributed by atoms with van der Waals surface area (Å²) in [6.45, 7) is 2.62. The third-order valence-electron chi connectivity index (χ3n) is 3.58. The van der Waals surface area contributed by atoms with Gasteiger partial charge >= 0.3 is 5.97 Å². The highest BCUT2D eigenvalue weighted by molar-refractivity contribution is 5.93. The molecule has 0 spiro atoms. The van der Waals surface area contributed by atoms with Crippen LogP contribution >= 0.6 is 0 Å². The summed E-state index contributed by atoms with van der Waals surface area (Å²) in [5, 5.41) is 11.8. The Bertz CT molecular complexity index is 501. The number of rotatable bonds is 4. The van der Waals surface area contributed by atoms with Gasteiger partial charge in [0, 0.05) is 19.3 Å². The Hall–Kier alpha value is -1.82. The molecule has 1 saturated heterocycles. The number of nitrogens with zero attached hydrogens (tertiary/aromatic N) is 1. The Balaban J connectivity index is 2.16. The number of carboxylic acid groups (broad SMARTS) is 1. The molecule has 1 unspecified atom stereocenters. The number of carbonyl (C=O) groups excluding carboxylic acids is 1. The highest BCUT2D eigenvalue weighted by Crippen LogP contribution is 2.23. The zero-order valence-corrected chi connectivity index (χ0v) is 11.1. The maximum atomic E-state index is 12.2. The molecule has 1 amide bonds. The van der Waals surface area contributed by atoms with Gasteiger partial charge < -0.3 is 19.7 Å². The number of amides is 1. The zero-order chi connectivity index (χ0) is 14.0. The standard InChI is InChI=1S/C13H18N2O4/c1-9-3-4-10(15(9)2)12(18)14-13(7-11(16)17)5-6-19-8-13/h3-4H,5-8H2,1-2H3,(H,14,18)(H,16,17). The molecular weight excluding hydrogens is 248 g/mol. The summed E-state index contributed by atoms with van der Waals surface area (Å²) in [5.41, 5.74) is 0.704. The number of aryl methyl sites for hydroxylation is 1. The van der Waals surface area contributed by atoms with Crippen molar-refractivity contribution in [3.63, 3.8) is 0 Å².